The number of aryl methyl sites for hydroxylation is 2. The maximum atomic E-state index is 12.7. The van der Waals surface area contributed by atoms with Crippen LogP contribution in [0.15, 0.2) is 65.7 Å². The summed E-state index contributed by atoms with van der Waals surface area (Å²) in [6.45, 7) is 3.69. The van der Waals surface area contributed by atoms with Gasteiger partial charge in [0, 0.05) is 24.0 Å². The highest BCUT2D eigenvalue weighted by atomic mass is 32.2. The lowest BCUT2D eigenvalue weighted by atomic mass is 10.2. The van der Waals surface area contributed by atoms with Crippen LogP contribution in [0.3, 0.4) is 0 Å². The van der Waals surface area contributed by atoms with Crippen molar-refractivity contribution in [2.24, 2.45) is 0 Å². The van der Waals surface area contributed by atoms with E-state index in [4.69, 9.17) is 4.74 Å². The lowest BCUT2D eigenvalue weighted by Gasteiger charge is -2.12. The second-order valence-electron chi connectivity index (χ2n) is 7.63. The number of carbonyl (C=O) groups excluding carboxylic acids is 1. The van der Waals surface area contributed by atoms with Gasteiger partial charge in [-0.1, -0.05) is 17.7 Å². The molecule has 1 aliphatic rings. The third-order valence-corrected chi connectivity index (χ3v) is 6.40. The molecule has 7 nitrogen and oxygen atoms in total. The number of anilines is 1. The van der Waals surface area contributed by atoms with Crippen LogP contribution < -0.4 is 14.8 Å². The van der Waals surface area contributed by atoms with E-state index in [0.29, 0.717) is 28.4 Å². The van der Waals surface area contributed by atoms with Crippen LogP contribution >= 0.6 is 0 Å². The highest BCUT2D eigenvalue weighted by molar-refractivity contribution is 7.92. The van der Waals surface area contributed by atoms with E-state index < -0.39 is 10.0 Å². The van der Waals surface area contributed by atoms with Crippen molar-refractivity contribution in [1.82, 2.24) is 10.3 Å². The summed E-state index contributed by atoms with van der Waals surface area (Å²) in [6.07, 6.45) is 3.52. The molecule has 0 saturated heterocycles. The molecule has 4 rings (SSSR count). The van der Waals surface area contributed by atoms with E-state index in [0.717, 1.165) is 18.4 Å². The number of nitrogens with one attached hydrogen (secondary N) is 2. The van der Waals surface area contributed by atoms with E-state index in [1.54, 1.807) is 55.5 Å². The van der Waals surface area contributed by atoms with Crippen LogP contribution in [0, 0.1) is 13.8 Å². The van der Waals surface area contributed by atoms with E-state index in [1.807, 2.05) is 13.0 Å². The number of aromatic nitrogens is 1. The monoisotopic (exact) mass is 437 g/mol. The summed E-state index contributed by atoms with van der Waals surface area (Å²) in [6, 6.07) is 15.3. The predicted molar refractivity (Wildman–Crippen MR) is 118 cm³/mol. The molecule has 1 fully saturated rings. The number of benzene rings is 2. The Morgan fingerprint density at radius 2 is 1.77 bits per heavy atom. The Hall–Kier alpha value is -3.39. The van der Waals surface area contributed by atoms with Gasteiger partial charge in [-0.3, -0.25) is 9.52 Å². The first kappa shape index (κ1) is 20.9. The number of sulfonamides is 1. The summed E-state index contributed by atoms with van der Waals surface area (Å²) in [7, 11) is -3.69. The van der Waals surface area contributed by atoms with Gasteiger partial charge in [-0.25, -0.2) is 13.4 Å². The number of ether oxygens (including phenoxy) is 1. The minimum absolute atomic E-state index is 0.137. The topological polar surface area (TPSA) is 97.4 Å². The average Bonchev–Trinajstić information content (AvgIpc) is 3.53. The third kappa shape index (κ3) is 5.21. The minimum Gasteiger partial charge on any atom is -0.439 e. The maximum absolute atomic E-state index is 12.7. The number of amides is 1. The molecule has 0 atom stereocenters. The highest BCUT2D eigenvalue weighted by Crippen LogP contribution is 2.25. The summed E-state index contributed by atoms with van der Waals surface area (Å²) < 4.78 is 33.6. The molecule has 0 radical (unpaired) electrons. The number of pyridine rings is 1. The molecule has 3 aromatic rings. The van der Waals surface area contributed by atoms with Gasteiger partial charge in [0.1, 0.15) is 5.75 Å². The quantitative estimate of drug-likeness (QED) is 0.578. The van der Waals surface area contributed by atoms with Gasteiger partial charge < -0.3 is 10.1 Å². The Balaban J connectivity index is 1.40. The van der Waals surface area contributed by atoms with Gasteiger partial charge in [0.2, 0.25) is 5.88 Å². The molecule has 1 heterocycles. The van der Waals surface area contributed by atoms with Gasteiger partial charge in [-0.2, -0.15) is 0 Å². The van der Waals surface area contributed by atoms with Crippen molar-refractivity contribution in [2.45, 2.75) is 37.6 Å². The standard InChI is InChI=1S/C23H23N3O4S/c1-15-3-11-21(16(2)13-15)31(28,29)26-19-7-9-20(10-8-19)30-22-12-4-17(14-24-22)23(27)25-18-5-6-18/h3-4,7-14,18,26H,5-6H2,1-2H3,(H,25,27). The normalized spacial score (nSPS) is 13.5. The molecule has 0 aliphatic heterocycles. The summed E-state index contributed by atoms with van der Waals surface area (Å²) in [4.78, 5) is 16.4. The fraction of sp³-hybridized carbons (Fsp3) is 0.217. The second-order valence-corrected chi connectivity index (χ2v) is 9.28. The molecule has 0 spiro atoms. The van der Waals surface area contributed by atoms with Crippen molar-refractivity contribution >= 4 is 21.6 Å². The molecule has 0 unspecified atom stereocenters. The second kappa shape index (κ2) is 8.39. The summed E-state index contributed by atoms with van der Waals surface area (Å²) in [5, 5.41) is 2.91. The van der Waals surface area contributed by atoms with E-state index in [1.165, 1.54) is 6.20 Å². The van der Waals surface area contributed by atoms with Crippen LogP contribution in [0.25, 0.3) is 0 Å². The highest BCUT2D eigenvalue weighted by Gasteiger charge is 2.24. The molecule has 1 amide bonds. The number of nitrogens with zero attached hydrogens (tertiary/aromatic N) is 1. The smallest absolute Gasteiger partial charge is 0.262 e. The molecule has 8 heteroatoms. The van der Waals surface area contributed by atoms with Crippen LogP contribution in [-0.2, 0) is 10.0 Å². The Bertz CT molecular complexity index is 1200. The van der Waals surface area contributed by atoms with Crippen LogP contribution in [0.2, 0.25) is 0 Å². The third-order valence-electron chi connectivity index (χ3n) is 4.86. The lowest BCUT2D eigenvalue weighted by Crippen LogP contribution is -2.25. The minimum atomic E-state index is -3.69. The number of hydrogen-bond donors (Lipinski definition) is 2. The van der Waals surface area contributed by atoms with E-state index in [-0.39, 0.29) is 16.8 Å². The van der Waals surface area contributed by atoms with Gasteiger partial charge in [-0.15, -0.1) is 0 Å². The zero-order chi connectivity index (χ0) is 22.0. The van der Waals surface area contributed by atoms with Gasteiger partial charge in [0.05, 0.1) is 10.5 Å². The van der Waals surface area contributed by atoms with E-state index in [9.17, 15) is 13.2 Å². The van der Waals surface area contributed by atoms with Crippen molar-refractivity contribution in [3.05, 3.63) is 77.5 Å². The zero-order valence-corrected chi connectivity index (χ0v) is 18.1. The predicted octanol–water partition coefficient (Wildman–Crippen LogP) is 4.18. The van der Waals surface area contributed by atoms with Crippen LogP contribution in [0.1, 0.15) is 34.3 Å². The van der Waals surface area contributed by atoms with Crippen molar-refractivity contribution in [1.29, 1.82) is 0 Å². The van der Waals surface area contributed by atoms with Crippen LogP contribution in [-0.4, -0.2) is 25.4 Å². The fourth-order valence-corrected chi connectivity index (χ4v) is 4.38. The lowest BCUT2D eigenvalue weighted by molar-refractivity contribution is 0.0950. The number of rotatable bonds is 7. The molecule has 160 valence electrons. The molecule has 1 aromatic heterocycles. The molecule has 1 aliphatic carbocycles. The van der Waals surface area contributed by atoms with Crippen molar-refractivity contribution in [2.75, 3.05) is 4.72 Å². The van der Waals surface area contributed by atoms with E-state index in [2.05, 4.69) is 15.0 Å². The summed E-state index contributed by atoms with van der Waals surface area (Å²) >= 11 is 0. The Morgan fingerprint density at radius 1 is 1.03 bits per heavy atom. The summed E-state index contributed by atoms with van der Waals surface area (Å²) in [5.74, 6) is 0.700. The maximum Gasteiger partial charge on any atom is 0.262 e. The number of hydrogen-bond acceptors (Lipinski definition) is 5. The first-order chi connectivity index (χ1) is 14.8. The van der Waals surface area contributed by atoms with Crippen molar-refractivity contribution in [3.63, 3.8) is 0 Å². The molecule has 1 saturated carbocycles. The van der Waals surface area contributed by atoms with Crippen LogP contribution in [0.4, 0.5) is 5.69 Å². The van der Waals surface area contributed by atoms with Gasteiger partial charge >= 0.3 is 0 Å². The van der Waals surface area contributed by atoms with Gasteiger partial charge in [-0.05, 0) is 68.7 Å². The Kier molecular flexibility index (Phi) is 5.65. The first-order valence-electron chi connectivity index (χ1n) is 9.95. The van der Waals surface area contributed by atoms with Gasteiger partial charge in [0.25, 0.3) is 15.9 Å². The largest absolute Gasteiger partial charge is 0.439 e. The molecule has 2 aromatic carbocycles. The Morgan fingerprint density at radius 3 is 2.39 bits per heavy atom. The molecule has 31 heavy (non-hydrogen) atoms. The SMILES string of the molecule is Cc1ccc(S(=O)(=O)Nc2ccc(Oc3ccc(C(=O)NC4CC4)cn3)cc2)c(C)c1. The molecular weight excluding hydrogens is 414 g/mol. The molecule has 2 N–H and O–H groups in total. The van der Waals surface area contributed by atoms with Crippen LogP contribution in [0.5, 0.6) is 11.6 Å². The summed E-state index contributed by atoms with van der Waals surface area (Å²) in [5.41, 5.74) is 2.60. The zero-order valence-electron chi connectivity index (χ0n) is 17.3. The molecular formula is C23H23N3O4S. The van der Waals surface area contributed by atoms with E-state index >= 15 is 0 Å². The Labute approximate surface area is 181 Å². The van der Waals surface area contributed by atoms with Crippen molar-refractivity contribution in [3.8, 4) is 11.6 Å². The number of carbonyl (C=O) groups is 1. The fourth-order valence-electron chi connectivity index (χ4n) is 3.09. The first-order valence-corrected chi connectivity index (χ1v) is 11.4. The van der Waals surface area contributed by atoms with Gasteiger partial charge in [0.15, 0.2) is 0 Å². The molecule has 0 bridgehead atoms. The van der Waals surface area contributed by atoms with Crippen molar-refractivity contribution < 1.29 is 17.9 Å². The average molecular weight is 438 g/mol.